The Bertz CT molecular complexity index is 479. The van der Waals surface area contributed by atoms with E-state index in [1.165, 1.54) is 0 Å². The van der Waals surface area contributed by atoms with Gasteiger partial charge in [0.25, 0.3) is 0 Å². The lowest BCUT2D eigenvalue weighted by molar-refractivity contribution is 0.295. The van der Waals surface area contributed by atoms with Crippen LogP contribution in [0.5, 0.6) is 5.75 Å². The van der Waals surface area contributed by atoms with Gasteiger partial charge >= 0.3 is 0 Å². The molecule has 1 aromatic carbocycles. The number of ether oxygens (including phenoxy) is 1. The number of nitrogens with zero attached hydrogens (tertiary/aromatic N) is 2. The van der Waals surface area contributed by atoms with Crippen LogP contribution in [0.25, 0.3) is 0 Å². The van der Waals surface area contributed by atoms with Gasteiger partial charge in [-0.25, -0.2) is 9.97 Å². The van der Waals surface area contributed by atoms with Crippen LogP contribution in [0.2, 0.25) is 5.15 Å². The van der Waals surface area contributed by atoms with E-state index in [2.05, 4.69) is 25.9 Å². The third-order valence-electron chi connectivity index (χ3n) is 1.86. The first-order valence-corrected chi connectivity index (χ1v) is 5.77. The molecule has 0 bridgehead atoms. The molecule has 82 valence electrons. The summed E-state index contributed by atoms with van der Waals surface area (Å²) in [7, 11) is 0. The maximum absolute atomic E-state index is 5.84. The Balaban J connectivity index is 2.03. The molecular formula is C11H8BrClN2O. The average Bonchev–Trinajstić information content (AvgIpc) is 2.32. The summed E-state index contributed by atoms with van der Waals surface area (Å²) in [6.07, 6.45) is 1.61. The van der Waals surface area contributed by atoms with E-state index in [0.29, 0.717) is 22.1 Å². The number of para-hydroxylation sites is 1. The number of aromatic nitrogens is 2. The number of halogens is 2. The third kappa shape index (κ3) is 2.93. The minimum absolute atomic E-state index is 0.303. The summed E-state index contributed by atoms with van der Waals surface area (Å²) in [4.78, 5) is 8.16. The molecule has 3 nitrogen and oxygen atoms in total. The highest BCUT2D eigenvalue weighted by Gasteiger charge is 2.03. The molecule has 0 amide bonds. The van der Waals surface area contributed by atoms with Gasteiger partial charge in [-0.05, 0) is 28.1 Å². The quantitative estimate of drug-likeness (QED) is 0.814. The molecule has 0 saturated carbocycles. The van der Waals surface area contributed by atoms with Crippen molar-refractivity contribution in [2.45, 2.75) is 6.61 Å². The van der Waals surface area contributed by atoms with Crippen molar-refractivity contribution < 1.29 is 4.74 Å². The Labute approximate surface area is 107 Å². The van der Waals surface area contributed by atoms with E-state index in [-0.39, 0.29) is 0 Å². The summed E-state index contributed by atoms with van der Waals surface area (Å²) >= 11 is 9.07. The topological polar surface area (TPSA) is 35.0 Å². The van der Waals surface area contributed by atoms with Gasteiger partial charge in [-0.3, -0.25) is 0 Å². The lowest BCUT2D eigenvalue weighted by Crippen LogP contribution is -2.01. The van der Waals surface area contributed by atoms with Crippen LogP contribution in [0.15, 0.2) is 41.0 Å². The second kappa shape index (κ2) is 5.27. The summed E-state index contributed by atoms with van der Waals surface area (Å²) < 4.78 is 6.17. The summed E-state index contributed by atoms with van der Waals surface area (Å²) in [5.74, 6) is 1.34. The van der Waals surface area contributed by atoms with Crippen molar-refractivity contribution in [2.24, 2.45) is 0 Å². The molecule has 1 heterocycles. The van der Waals surface area contributed by atoms with E-state index < -0.39 is 0 Å². The zero-order valence-electron chi connectivity index (χ0n) is 8.23. The van der Waals surface area contributed by atoms with E-state index in [4.69, 9.17) is 16.3 Å². The predicted octanol–water partition coefficient (Wildman–Crippen LogP) is 3.47. The summed E-state index contributed by atoms with van der Waals surface area (Å²) in [6, 6.07) is 9.50. The molecule has 2 aromatic rings. The van der Waals surface area contributed by atoms with Gasteiger partial charge in [0.05, 0.1) is 4.47 Å². The van der Waals surface area contributed by atoms with Gasteiger partial charge < -0.3 is 4.74 Å². The zero-order chi connectivity index (χ0) is 11.4. The van der Waals surface area contributed by atoms with Crippen LogP contribution in [-0.4, -0.2) is 9.97 Å². The maximum atomic E-state index is 5.84. The molecule has 0 unspecified atom stereocenters. The highest BCUT2D eigenvalue weighted by atomic mass is 79.9. The molecule has 0 aliphatic carbocycles. The smallest absolute Gasteiger partial charge is 0.167 e. The molecule has 5 heteroatoms. The van der Waals surface area contributed by atoms with E-state index in [1.54, 1.807) is 6.20 Å². The Morgan fingerprint density at radius 3 is 2.69 bits per heavy atom. The third-order valence-corrected chi connectivity index (χ3v) is 2.96. The molecule has 16 heavy (non-hydrogen) atoms. The minimum atomic E-state index is 0.303. The van der Waals surface area contributed by atoms with Crippen LogP contribution in [-0.2, 0) is 6.61 Å². The predicted molar refractivity (Wildman–Crippen MR) is 65.5 cm³/mol. The highest BCUT2D eigenvalue weighted by Crippen LogP contribution is 2.18. The lowest BCUT2D eigenvalue weighted by atomic mass is 10.3. The van der Waals surface area contributed by atoms with Crippen LogP contribution in [0.3, 0.4) is 0 Å². The van der Waals surface area contributed by atoms with Crippen molar-refractivity contribution in [2.75, 3.05) is 0 Å². The van der Waals surface area contributed by atoms with Crippen LogP contribution in [0, 0.1) is 0 Å². The normalized spacial score (nSPS) is 10.1. The standard InChI is InChI=1S/C11H8BrClN2O/c12-9-6-14-10(15-11(9)13)7-16-8-4-2-1-3-5-8/h1-6H,7H2. The maximum Gasteiger partial charge on any atom is 0.167 e. The van der Waals surface area contributed by atoms with Gasteiger partial charge in [0, 0.05) is 6.20 Å². The van der Waals surface area contributed by atoms with Gasteiger partial charge in [-0.2, -0.15) is 0 Å². The van der Waals surface area contributed by atoms with Crippen LogP contribution in [0.4, 0.5) is 0 Å². The lowest BCUT2D eigenvalue weighted by Gasteiger charge is -2.05. The summed E-state index contributed by atoms with van der Waals surface area (Å²) in [5, 5.41) is 0.390. The molecule has 1 aromatic heterocycles. The average molecular weight is 300 g/mol. The Hall–Kier alpha value is -1.13. The number of benzene rings is 1. The Morgan fingerprint density at radius 2 is 2.00 bits per heavy atom. The fourth-order valence-electron chi connectivity index (χ4n) is 1.11. The van der Waals surface area contributed by atoms with Crippen LogP contribution in [0.1, 0.15) is 5.82 Å². The minimum Gasteiger partial charge on any atom is -0.486 e. The second-order valence-electron chi connectivity index (χ2n) is 3.03. The number of hydrogen-bond acceptors (Lipinski definition) is 3. The molecule has 0 aliphatic rings. The fourth-order valence-corrected chi connectivity index (χ4v) is 1.45. The molecule has 0 aliphatic heterocycles. The summed E-state index contributed by atoms with van der Waals surface area (Å²) in [6.45, 7) is 0.303. The summed E-state index contributed by atoms with van der Waals surface area (Å²) in [5.41, 5.74) is 0. The number of hydrogen-bond donors (Lipinski definition) is 0. The van der Waals surface area contributed by atoms with Gasteiger partial charge in [0.15, 0.2) is 5.82 Å². The zero-order valence-corrected chi connectivity index (χ0v) is 10.6. The van der Waals surface area contributed by atoms with E-state index in [1.807, 2.05) is 30.3 Å². The molecule has 0 atom stereocenters. The van der Waals surface area contributed by atoms with Crippen molar-refractivity contribution in [3.8, 4) is 5.75 Å². The van der Waals surface area contributed by atoms with Crippen molar-refractivity contribution in [1.29, 1.82) is 0 Å². The molecule has 0 radical (unpaired) electrons. The second-order valence-corrected chi connectivity index (χ2v) is 4.24. The first kappa shape index (κ1) is 11.4. The number of rotatable bonds is 3. The first-order valence-electron chi connectivity index (χ1n) is 4.60. The van der Waals surface area contributed by atoms with E-state index >= 15 is 0 Å². The van der Waals surface area contributed by atoms with Crippen molar-refractivity contribution in [3.05, 3.63) is 52.0 Å². The molecule has 0 saturated heterocycles. The molecule has 2 rings (SSSR count). The Kier molecular flexibility index (Phi) is 3.74. The van der Waals surface area contributed by atoms with Gasteiger partial charge in [0.2, 0.25) is 0 Å². The Morgan fingerprint density at radius 1 is 1.25 bits per heavy atom. The molecule has 0 fully saturated rings. The monoisotopic (exact) mass is 298 g/mol. The molecule has 0 N–H and O–H groups in total. The molecule has 0 spiro atoms. The van der Waals surface area contributed by atoms with Gasteiger partial charge in [-0.15, -0.1) is 0 Å². The van der Waals surface area contributed by atoms with Crippen molar-refractivity contribution in [3.63, 3.8) is 0 Å². The van der Waals surface area contributed by atoms with Gasteiger partial charge in [-0.1, -0.05) is 29.8 Å². The van der Waals surface area contributed by atoms with E-state index in [0.717, 1.165) is 5.75 Å². The van der Waals surface area contributed by atoms with Crippen LogP contribution < -0.4 is 4.74 Å². The largest absolute Gasteiger partial charge is 0.486 e. The molecular weight excluding hydrogens is 291 g/mol. The van der Waals surface area contributed by atoms with Gasteiger partial charge in [0.1, 0.15) is 17.5 Å². The highest BCUT2D eigenvalue weighted by molar-refractivity contribution is 9.10. The SMILES string of the molecule is Clc1nc(COc2ccccc2)ncc1Br. The van der Waals surface area contributed by atoms with Crippen molar-refractivity contribution in [1.82, 2.24) is 9.97 Å². The van der Waals surface area contributed by atoms with E-state index in [9.17, 15) is 0 Å². The fraction of sp³-hybridized carbons (Fsp3) is 0.0909. The first-order chi connectivity index (χ1) is 7.75. The van der Waals surface area contributed by atoms with Crippen LogP contribution >= 0.6 is 27.5 Å². The van der Waals surface area contributed by atoms with Crippen molar-refractivity contribution >= 4 is 27.5 Å².